The summed E-state index contributed by atoms with van der Waals surface area (Å²) in [6.45, 7) is 0.879. The third-order valence-corrected chi connectivity index (χ3v) is 4.30. The Morgan fingerprint density at radius 2 is 2.07 bits per heavy atom. The fraction of sp³-hybridized carbons (Fsp3) is 0.100. The van der Waals surface area contributed by atoms with Gasteiger partial charge in [-0.1, -0.05) is 6.07 Å². The summed E-state index contributed by atoms with van der Waals surface area (Å²) in [6, 6.07) is 15.7. The number of hydrogen-bond acceptors (Lipinski definition) is 5. The molecule has 0 saturated heterocycles. The molecule has 0 fully saturated rings. The molecular weight excluding hydrogens is 343 g/mol. The number of carbonyl (C=O) groups excluding carboxylic acids is 1. The van der Waals surface area contributed by atoms with Crippen molar-refractivity contribution in [2.45, 2.75) is 13.2 Å². The highest BCUT2D eigenvalue weighted by Crippen LogP contribution is 2.32. The number of aromatic nitrogens is 1. The summed E-state index contributed by atoms with van der Waals surface area (Å²) in [4.78, 5) is 16.4. The zero-order chi connectivity index (χ0) is 18.6. The molecule has 134 valence electrons. The van der Waals surface area contributed by atoms with Crippen molar-refractivity contribution in [3.05, 3.63) is 77.6 Å². The van der Waals surface area contributed by atoms with E-state index in [1.807, 2.05) is 18.2 Å². The summed E-state index contributed by atoms with van der Waals surface area (Å²) in [6.07, 6.45) is 1.69. The number of benzene rings is 2. The third-order valence-electron chi connectivity index (χ3n) is 4.30. The maximum absolute atomic E-state index is 12.2. The lowest BCUT2D eigenvalue weighted by Gasteiger charge is -2.10. The quantitative estimate of drug-likeness (QED) is 0.681. The molecule has 2 heterocycles. The number of phenolic OH excluding ortho intramolecular Hbond substituents is 1. The Kier molecular flexibility index (Phi) is 4.76. The van der Waals surface area contributed by atoms with Gasteiger partial charge in [-0.2, -0.15) is 0 Å². The Balaban J connectivity index is 1.41. The molecule has 0 aliphatic carbocycles. The van der Waals surface area contributed by atoms with E-state index in [1.54, 1.807) is 42.6 Å². The van der Waals surface area contributed by atoms with Gasteiger partial charge in [0.1, 0.15) is 5.75 Å². The number of pyridine rings is 1. The van der Waals surface area contributed by atoms with Crippen molar-refractivity contribution in [3.8, 4) is 17.2 Å². The number of aromatic hydroxyl groups is 1. The van der Waals surface area contributed by atoms with Crippen LogP contribution in [0.25, 0.3) is 0 Å². The Morgan fingerprint density at radius 3 is 2.85 bits per heavy atom. The first-order valence-electron chi connectivity index (χ1n) is 8.57. The van der Waals surface area contributed by atoms with Gasteiger partial charge in [-0.05, 0) is 59.6 Å². The van der Waals surface area contributed by atoms with E-state index in [0.29, 0.717) is 37.7 Å². The molecule has 1 aliphatic rings. The van der Waals surface area contributed by atoms with E-state index >= 15 is 0 Å². The average molecular weight is 360 g/mol. The first kappa shape index (κ1) is 17.1. The van der Waals surface area contributed by atoms with E-state index in [2.05, 4.69) is 10.3 Å². The van der Waals surface area contributed by atoms with Crippen LogP contribution in [0.15, 0.2) is 60.8 Å². The Bertz CT molecular complexity index is 962. The third kappa shape index (κ3) is 3.93. The van der Waals surface area contributed by atoms with Gasteiger partial charge in [0.15, 0.2) is 11.5 Å². The van der Waals surface area contributed by atoms with Crippen molar-refractivity contribution in [3.63, 3.8) is 0 Å². The van der Waals surface area contributed by atoms with E-state index in [4.69, 9.17) is 9.39 Å². The zero-order valence-electron chi connectivity index (χ0n) is 14.5. The van der Waals surface area contributed by atoms with Crippen LogP contribution in [0.5, 0.6) is 17.2 Å². The van der Waals surface area contributed by atoms with Gasteiger partial charge in [-0.15, -0.1) is 0 Å². The minimum atomic E-state index is -0.190. The smallest absolute Gasteiger partial charge is 0.309 e. The molecule has 2 aromatic carbocycles. The minimum Gasteiger partial charge on any atom is -0.504 e. The van der Waals surface area contributed by atoms with Crippen molar-refractivity contribution in [2.75, 3.05) is 0 Å². The molecule has 0 spiro atoms. The van der Waals surface area contributed by atoms with Crippen LogP contribution >= 0.6 is 0 Å². The van der Waals surface area contributed by atoms with E-state index in [-0.39, 0.29) is 11.7 Å². The number of phenols is 1. The predicted octanol–water partition coefficient (Wildman–Crippen LogP) is 2.02. The predicted molar refractivity (Wildman–Crippen MR) is 102 cm³/mol. The van der Waals surface area contributed by atoms with E-state index in [0.717, 1.165) is 16.7 Å². The standard InChI is InChI=1S/C20H17BN2O4/c24-18-10-17-14(12-26-21-17)9-19(18)27-16-6-4-13(5-7-16)20(25)23-11-15-3-1-2-8-22-15/h1-10,21,24H,11-12H2,(H,23,25). The Morgan fingerprint density at radius 1 is 1.22 bits per heavy atom. The number of fused-ring (bicyclic) bond motifs is 1. The Labute approximate surface area is 157 Å². The monoisotopic (exact) mass is 360 g/mol. The van der Waals surface area contributed by atoms with Crippen LogP contribution in [-0.2, 0) is 17.8 Å². The molecule has 3 aromatic rings. The molecule has 27 heavy (non-hydrogen) atoms. The number of ether oxygens (including phenoxy) is 1. The summed E-state index contributed by atoms with van der Waals surface area (Å²) < 4.78 is 11.1. The first-order valence-corrected chi connectivity index (χ1v) is 8.57. The second-order valence-electron chi connectivity index (χ2n) is 6.21. The fourth-order valence-electron chi connectivity index (χ4n) is 2.85. The van der Waals surface area contributed by atoms with Crippen LogP contribution in [-0.4, -0.2) is 23.5 Å². The van der Waals surface area contributed by atoms with Crippen LogP contribution in [0.4, 0.5) is 0 Å². The normalized spacial score (nSPS) is 12.1. The number of nitrogens with one attached hydrogen (secondary N) is 1. The highest BCUT2D eigenvalue weighted by atomic mass is 16.5. The van der Waals surface area contributed by atoms with Gasteiger partial charge in [-0.25, -0.2) is 0 Å². The molecular formula is C20H17BN2O4. The highest BCUT2D eigenvalue weighted by molar-refractivity contribution is 6.49. The topological polar surface area (TPSA) is 80.7 Å². The SMILES string of the molecule is O=C(NCc1ccccn1)c1ccc(Oc2cc3c(cc2O)BOC3)cc1. The van der Waals surface area contributed by atoms with Crippen LogP contribution in [0, 0.1) is 0 Å². The van der Waals surface area contributed by atoms with Gasteiger partial charge in [0.05, 0.1) is 18.8 Å². The number of hydrogen-bond donors (Lipinski definition) is 2. The summed E-state index contributed by atoms with van der Waals surface area (Å²) in [5, 5.41) is 12.9. The first-order chi connectivity index (χ1) is 13.2. The lowest BCUT2D eigenvalue weighted by Crippen LogP contribution is -2.23. The summed E-state index contributed by atoms with van der Waals surface area (Å²) in [5.41, 5.74) is 3.29. The van der Waals surface area contributed by atoms with Crippen LogP contribution in [0.2, 0.25) is 0 Å². The average Bonchev–Trinajstić information content (AvgIpc) is 3.15. The van der Waals surface area contributed by atoms with Crippen molar-refractivity contribution in [1.29, 1.82) is 0 Å². The van der Waals surface area contributed by atoms with E-state index < -0.39 is 0 Å². The van der Waals surface area contributed by atoms with Gasteiger partial charge in [0.25, 0.3) is 5.91 Å². The molecule has 0 saturated carbocycles. The van der Waals surface area contributed by atoms with Crippen molar-refractivity contribution in [1.82, 2.24) is 10.3 Å². The molecule has 0 bridgehead atoms. The maximum Gasteiger partial charge on any atom is 0.309 e. The van der Waals surface area contributed by atoms with E-state index in [9.17, 15) is 9.90 Å². The molecule has 1 aromatic heterocycles. The largest absolute Gasteiger partial charge is 0.504 e. The van der Waals surface area contributed by atoms with Crippen molar-refractivity contribution >= 4 is 18.9 Å². The van der Waals surface area contributed by atoms with Gasteiger partial charge in [-0.3, -0.25) is 9.78 Å². The molecule has 1 aliphatic heterocycles. The van der Waals surface area contributed by atoms with E-state index in [1.165, 1.54) is 0 Å². The molecule has 0 unspecified atom stereocenters. The van der Waals surface area contributed by atoms with Crippen molar-refractivity contribution in [2.24, 2.45) is 0 Å². The minimum absolute atomic E-state index is 0.0661. The molecule has 2 N–H and O–H groups in total. The molecule has 0 radical (unpaired) electrons. The number of rotatable bonds is 5. The summed E-state index contributed by atoms with van der Waals surface area (Å²) in [7, 11) is 0.505. The molecule has 6 nitrogen and oxygen atoms in total. The highest BCUT2D eigenvalue weighted by Gasteiger charge is 2.17. The molecule has 1 amide bonds. The molecule has 7 heteroatoms. The fourth-order valence-corrected chi connectivity index (χ4v) is 2.85. The second-order valence-corrected chi connectivity index (χ2v) is 6.21. The number of nitrogens with zero attached hydrogens (tertiary/aromatic N) is 1. The zero-order valence-corrected chi connectivity index (χ0v) is 14.5. The van der Waals surface area contributed by atoms with Crippen LogP contribution < -0.4 is 15.5 Å². The van der Waals surface area contributed by atoms with Gasteiger partial charge >= 0.3 is 7.48 Å². The van der Waals surface area contributed by atoms with Gasteiger partial charge in [0.2, 0.25) is 0 Å². The second kappa shape index (κ2) is 7.51. The Hall–Kier alpha value is -3.32. The number of amides is 1. The lowest BCUT2D eigenvalue weighted by atomic mass is 9.87. The summed E-state index contributed by atoms with van der Waals surface area (Å²) in [5.74, 6) is 0.776. The summed E-state index contributed by atoms with van der Waals surface area (Å²) >= 11 is 0. The van der Waals surface area contributed by atoms with Gasteiger partial charge in [0, 0.05) is 11.8 Å². The van der Waals surface area contributed by atoms with Gasteiger partial charge < -0.3 is 19.8 Å². The van der Waals surface area contributed by atoms with Crippen molar-refractivity contribution < 1.29 is 19.3 Å². The number of carbonyl (C=O) groups is 1. The molecule has 4 rings (SSSR count). The molecule has 0 atom stereocenters. The maximum atomic E-state index is 12.2. The van der Waals surface area contributed by atoms with Crippen LogP contribution in [0.3, 0.4) is 0 Å². The lowest BCUT2D eigenvalue weighted by molar-refractivity contribution is 0.0950. The van der Waals surface area contributed by atoms with Crippen LogP contribution in [0.1, 0.15) is 21.6 Å².